The van der Waals surface area contributed by atoms with E-state index in [9.17, 15) is 22.8 Å². The average molecular weight is 402 g/mol. The van der Waals surface area contributed by atoms with E-state index >= 15 is 0 Å². The second kappa shape index (κ2) is 7.43. The highest BCUT2D eigenvalue weighted by Crippen LogP contribution is 2.13. The van der Waals surface area contributed by atoms with Gasteiger partial charge < -0.3 is 4.74 Å². The summed E-state index contributed by atoms with van der Waals surface area (Å²) in [5.74, 6) is -1.03. The first-order valence-electron chi connectivity index (χ1n) is 8.36. The topological polar surface area (TPSA) is 104 Å². The van der Waals surface area contributed by atoms with E-state index in [4.69, 9.17) is 0 Å². The number of benzene rings is 2. The van der Waals surface area contributed by atoms with Crippen molar-refractivity contribution < 1.29 is 17.9 Å². The van der Waals surface area contributed by atoms with Crippen LogP contribution >= 0.6 is 0 Å². The van der Waals surface area contributed by atoms with Gasteiger partial charge in [0.05, 0.1) is 34.2 Å². The molecule has 0 N–H and O–H groups in total. The van der Waals surface area contributed by atoms with Gasteiger partial charge in [-0.1, -0.05) is 18.2 Å². The lowest BCUT2D eigenvalue weighted by Gasteiger charge is -2.12. The molecule has 0 fully saturated rings. The van der Waals surface area contributed by atoms with Crippen LogP contribution in [0.15, 0.2) is 63.0 Å². The summed E-state index contributed by atoms with van der Waals surface area (Å²) in [5.41, 5.74) is -0.794. The van der Waals surface area contributed by atoms with Crippen molar-refractivity contribution in [3.63, 3.8) is 0 Å². The number of aryl methyl sites for hydroxylation is 1. The van der Waals surface area contributed by atoms with Gasteiger partial charge in [-0.05, 0) is 30.3 Å². The summed E-state index contributed by atoms with van der Waals surface area (Å²) in [6, 6.07) is 12.1. The molecule has 0 radical (unpaired) electrons. The van der Waals surface area contributed by atoms with Crippen molar-refractivity contribution in [1.29, 1.82) is 0 Å². The van der Waals surface area contributed by atoms with Gasteiger partial charge in [0.15, 0.2) is 9.84 Å². The molecule has 2 aromatic carbocycles. The fourth-order valence-electron chi connectivity index (χ4n) is 2.92. The van der Waals surface area contributed by atoms with Gasteiger partial charge >= 0.3 is 11.7 Å². The van der Waals surface area contributed by atoms with Crippen LogP contribution in [-0.4, -0.2) is 36.4 Å². The monoisotopic (exact) mass is 402 g/mol. The normalized spacial score (nSPS) is 11.5. The number of sulfone groups is 1. The minimum Gasteiger partial charge on any atom is -0.465 e. The molecule has 3 rings (SSSR count). The molecule has 0 atom stereocenters. The molecule has 0 aliphatic carbocycles. The van der Waals surface area contributed by atoms with E-state index in [0.717, 1.165) is 4.57 Å². The Kier molecular flexibility index (Phi) is 5.19. The Morgan fingerprint density at radius 2 is 1.75 bits per heavy atom. The zero-order valence-electron chi connectivity index (χ0n) is 15.3. The first-order chi connectivity index (χ1) is 13.3. The third-order valence-corrected chi connectivity index (χ3v) is 6.17. The third-order valence-electron chi connectivity index (χ3n) is 4.46. The molecule has 0 aliphatic heterocycles. The number of nitrogens with zero attached hydrogens (tertiary/aromatic N) is 2. The third kappa shape index (κ3) is 3.48. The highest BCUT2D eigenvalue weighted by molar-refractivity contribution is 7.91. The number of hydrogen-bond acceptors (Lipinski definition) is 6. The second-order valence-electron chi connectivity index (χ2n) is 6.15. The maximum Gasteiger partial charge on any atom is 0.337 e. The van der Waals surface area contributed by atoms with Crippen LogP contribution in [0, 0.1) is 0 Å². The number of fused-ring (bicyclic) bond motifs is 1. The number of ether oxygens (including phenoxy) is 1. The van der Waals surface area contributed by atoms with Gasteiger partial charge in [0, 0.05) is 13.6 Å². The minimum absolute atomic E-state index is 0.119. The number of esters is 1. The number of aromatic nitrogens is 2. The molecular formula is C19H18N2O6S. The van der Waals surface area contributed by atoms with Crippen LogP contribution in [0.2, 0.25) is 0 Å². The minimum atomic E-state index is -3.67. The quantitative estimate of drug-likeness (QED) is 0.589. The number of carbonyl (C=O) groups excluding carboxylic acids is 1. The Labute approximate surface area is 160 Å². The van der Waals surface area contributed by atoms with Gasteiger partial charge in [0.25, 0.3) is 5.56 Å². The van der Waals surface area contributed by atoms with Crippen molar-refractivity contribution in [2.45, 2.75) is 11.4 Å². The summed E-state index contributed by atoms with van der Waals surface area (Å²) < 4.78 is 31.7. The van der Waals surface area contributed by atoms with Crippen molar-refractivity contribution in [3.8, 4) is 0 Å². The molecule has 1 heterocycles. The van der Waals surface area contributed by atoms with Crippen molar-refractivity contribution >= 4 is 26.7 Å². The summed E-state index contributed by atoms with van der Waals surface area (Å²) in [6.45, 7) is -0.304. The lowest BCUT2D eigenvalue weighted by atomic mass is 10.1. The smallest absolute Gasteiger partial charge is 0.337 e. The van der Waals surface area contributed by atoms with Gasteiger partial charge in [0.2, 0.25) is 0 Å². The molecule has 0 aliphatic rings. The van der Waals surface area contributed by atoms with Gasteiger partial charge in [-0.25, -0.2) is 18.0 Å². The van der Waals surface area contributed by atoms with E-state index in [1.54, 1.807) is 18.2 Å². The number of rotatable bonds is 5. The van der Waals surface area contributed by atoms with Gasteiger partial charge in [-0.3, -0.25) is 13.9 Å². The van der Waals surface area contributed by atoms with Crippen LogP contribution in [0.4, 0.5) is 0 Å². The van der Waals surface area contributed by atoms with Gasteiger partial charge in [-0.2, -0.15) is 0 Å². The molecule has 9 heteroatoms. The van der Waals surface area contributed by atoms with E-state index in [1.165, 1.54) is 49.1 Å². The van der Waals surface area contributed by atoms with Crippen LogP contribution in [0.25, 0.3) is 10.9 Å². The summed E-state index contributed by atoms with van der Waals surface area (Å²) in [7, 11) is -0.967. The highest BCUT2D eigenvalue weighted by atomic mass is 32.2. The fourth-order valence-corrected chi connectivity index (χ4v) is 4.15. The first-order valence-corrected chi connectivity index (χ1v) is 10.0. The van der Waals surface area contributed by atoms with Gasteiger partial charge in [0.1, 0.15) is 0 Å². The Bertz CT molecular complexity index is 1270. The maximum absolute atomic E-state index is 12.8. The molecule has 1 aromatic heterocycles. The van der Waals surface area contributed by atoms with Crippen molar-refractivity contribution in [2.24, 2.45) is 7.05 Å². The van der Waals surface area contributed by atoms with E-state index < -0.39 is 32.8 Å². The molecule has 3 aromatic rings. The van der Waals surface area contributed by atoms with Crippen molar-refractivity contribution in [1.82, 2.24) is 9.13 Å². The Balaban J connectivity index is 2.07. The lowest BCUT2D eigenvalue weighted by molar-refractivity contribution is 0.0601. The lowest BCUT2D eigenvalue weighted by Crippen LogP contribution is -2.40. The van der Waals surface area contributed by atoms with Crippen LogP contribution in [-0.2, 0) is 28.2 Å². The van der Waals surface area contributed by atoms with Crippen molar-refractivity contribution in [2.75, 3.05) is 12.9 Å². The molecule has 0 saturated carbocycles. The zero-order valence-corrected chi connectivity index (χ0v) is 16.1. The Morgan fingerprint density at radius 1 is 1.07 bits per heavy atom. The summed E-state index contributed by atoms with van der Waals surface area (Å²) in [6.07, 6.45) is 0. The predicted molar refractivity (Wildman–Crippen MR) is 103 cm³/mol. The SMILES string of the molecule is COC(=O)c1ccc2c(c1)c(=O)n(CCS(=O)(=O)c1ccccc1)c(=O)n2C. The maximum atomic E-state index is 12.8. The summed E-state index contributed by atoms with van der Waals surface area (Å²) in [5, 5.41) is 0.127. The first kappa shape index (κ1) is 19.6. The molecule has 28 heavy (non-hydrogen) atoms. The zero-order chi connectivity index (χ0) is 20.5. The van der Waals surface area contributed by atoms with Crippen molar-refractivity contribution in [3.05, 3.63) is 74.9 Å². The standard InChI is InChI=1S/C19H18N2O6S/c1-20-16-9-8-13(18(23)27-2)12-15(16)17(22)21(19(20)24)10-11-28(25,26)14-6-4-3-5-7-14/h3-9,12H,10-11H2,1-2H3. The van der Waals surface area contributed by atoms with E-state index in [-0.39, 0.29) is 22.4 Å². The second-order valence-corrected chi connectivity index (χ2v) is 8.26. The summed E-state index contributed by atoms with van der Waals surface area (Å²) in [4.78, 5) is 37.3. The molecule has 0 bridgehead atoms. The molecular weight excluding hydrogens is 384 g/mol. The van der Waals surface area contributed by atoms with Crippen LogP contribution in [0.1, 0.15) is 10.4 Å². The van der Waals surface area contributed by atoms with E-state index in [0.29, 0.717) is 5.52 Å². The molecule has 0 unspecified atom stereocenters. The molecule has 0 amide bonds. The molecule has 0 saturated heterocycles. The largest absolute Gasteiger partial charge is 0.465 e. The van der Waals surface area contributed by atoms with E-state index in [1.807, 2.05) is 0 Å². The van der Waals surface area contributed by atoms with Gasteiger partial charge in [-0.15, -0.1) is 0 Å². The number of carbonyl (C=O) groups is 1. The highest BCUT2D eigenvalue weighted by Gasteiger charge is 2.18. The molecule has 0 spiro atoms. The summed E-state index contributed by atoms with van der Waals surface area (Å²) >= 11 is 0. The predicted octanol–water partition coefficient (Wildman–Crippen LogP) is 0.961. The number of hydrogen-bond donors (Lipinski definition) is 0. The Morgan fingerprint density at radius 3 is 2.39 bits per heavy atom. The average Bonchev–Trinajstić information content (AvgIpc) is 2.71. The Hall–Kier alpha value is -3.20. The fraction of sp³-hybridized carbons (Fsp3) is 0.211. The van der Waals surface area contributed by atoms with Crippen LogP contribution in [0.5, 0.6) is 0 Å². The van der Waals surface area contributed by atoms with Crippen LogP contribution < -0.4 is 11.2 Å². The van der Waals surface area contributed by atoms with E-state index in [2.05, 4.69) is 4.74 Å². The van der Waals surface area contributed by atoms with Crippen LogP contribution in [0.3, 0.4) is 0 Å². The molecule has 146 valence electrons. The molecule has 8 nitrogen and oxygen atoms in total. The number of methoxy groups -OCH3 is 1.